The van der Waals surface area contributed by atoms with Crippen molar-refractivity contribution in [3.63, 3.8) is 0 Å². The van der Waals surface area contributed by atoms with Crippen LogP contribution in [0.4, 0.5) is 11.4 Å². The number of benzene rings is 3. The third-order valence-electron chi connectivity index (χ3n) is 5.72. The number of carbonyl (C=O) groups excluding carboxylic acids is 2. The fourth-order valence-corrected chi connectivity index (χ4v) is 5.62. The van der Waals surface area contributed by atoms with Crippen LogP contribution < -0.4 is 9.62 Å². The van der Waals surface area contributed by atoms with E-state index in [1.165, 1.54) is 12.1 Å². The minimum absolute atomic E-state index is 0.0729. The molecule has 2 amide bonds. The van der Waals surface area contributed by atoms with Crippen LogP contribution in [0.25, 0.3) is 0 Å². The van der Waals surface area contributed by atoms with Gasteiger partial charge in [-0.25, -0.2) is 8.42 Å². The first-order chi connectivity index (χ1) is 17.3. The molecule has 0 aromatic heterocycles. The molecule has 188 valence electrons. The van der Waals surface area contributed by atoms with E-state index in [9.17, 15) is 18.0 Å². The Hall–Kier alpha value is -3.21. The predicted molar refractivity (Wildman–Crippen MR) is 142 cm³/mol. The van der Waals surface area contributed by atoms with E-state index in [1.807, 2.05) is 6.92 Å². The molecule has 36 heavy (non-hydrogen) atoms. The maximum atomic E-state index is 13.6. The van der Waals surface area contributed by atoms with Crippen molar-refractivity contribution in [1.82, 2.24) is 4.90 Å². The van der Waals surface area contributed by atoms with E-state index in [-0.39, 0.29) is 10.8 Å². The Balaban J connectivity index is 1.61. The second-order valence-corrected chi connectivity index (χ2v) is 11.1. The highest BCUT2D eigenvalue weighted by molar-refractivity contribution is 9.10. The number of amides is 2. The van der Waals surface area contributed by atoms with Crippen LogP contribution in [0.2, 0.25) is 0 Å². The maximum Gasteiger partial charge on any atom is 0.264 e. The van der Waals surface area contributed by atoms with Gasteiger partial charge in [0.25, 0.3) is 15.9 Å². The van der Waals surface area contributed by atoms with E-state index in [0.717, 1.165) is 9.87 Å². The van der Waals surface area contributed by atoms with Gasteiger partial charge in [-0.15, -0.1) is 0 Å². The summed E-state index contributed by atoms with van der Waals surface area (Å²) in [5.41, 5.74) is 1.91. The number of sulfonamides is 1. The Morgan fingerprint density at radius 3 is 2.39 bits per heavy atom. The van der Waals surface area contributed by atoms with Gasteiger partial charge in [0.05, 0.1) is 35.0 Å². The summed E-state index contributed by atoms with van der Waals surface area (Å²) < 4.78 is 34.2. The first-order valence-corrected chi connectivity index (χ1v) is 13.6. The van der Waals surface area contributed by atoms with Crippen molar-refractivity contribution < 1.29 is 22.7 Å². The van der Waals surface area contributed by atoms with Gasteiger partial charge in [-0.2, -0.15) is 0 Å². The minimum Gasteiger partial charge on any atom is -0.378 e. The molecule has 0 bridgehead atoms. The molecule has 0 atom stereocenters. The zero-order valence-corrected chi connectivity index (χ0v) is 22.1. The average Bonchev–Trinajstić information content (AvgIpc) is 2.88. The van der Waals surface area contributed by atoms with Crippen molar-refractivity contribution in [3.05, 3.63) is 88.4 Å². The van der Waals surface area contributed by atoms with Gasteiger partial charge in [0.15, 0.2) is 0 Å². The molecule has 1 heterocycles. The Bertz CT molecular complexity index is 1360. The SMILES string of the molecule is Cc1ccc(S(=O)(=O)N(CC(=O)Nc2ccccc2C(=O)N2CCOCC2)c2cccc(Br)c2)cc1. The van der Waals surface area contributed by atoms with Gasteiger partial charge in [-0.3, -0.25) is 13.9 Å². The van der Waals surface area contributed by atoms with E-state index < -0.39 is 22.5 Å². The average molecular weight is 572 g/mol. The molecule has 4 rings (SSSR count). The van der Waals surface area contributed by atoms with Gasteiger partial charge in [0, 0.05) is 17.6 Å². The van der Waals surface area contributed by atoms with Gasteiger partial charge in [-0.05, 0) is 49.4 Å². The summed E-state index contributed by atoms with van der Waals surface area (Å²) in [4.78, 5) is 28.0. The molecule has 1 aliphatic heterocycles. The summed E-state index contributed by atoms with van der Waals surface area (Å²) in [5.74, 6) is -0.793. The molecule has 1 fully saturated rings. The number of anilines is 2. The monoisotopic (exact) mass is 571 g/mol. The highest BCUT2D eigenvalue weighted by Crippen LogP contribution is 2.27. The van der Waals surface area contributed by atoms with Crippen LogP contribution >= 0.6 is 15.9 Å². The molecule has 0 unspecified atom stereocenters. The molecule has 10 heteroatoms. The third-order valence-corrected chi connectivity index (χ3v) is 8.00. The lowest BCUT2D eigenvalue weighted by molar-refractivity contribution is -0.114. The van der Waals surface area contributed by atoms with Gasteiger partial charge in [-0.1, -0.05) is 51.8 Å². The van der Waals surface area contributed by atoms with Gasteiger partial charge < -0.3 is 15.0 Å². The molecular weight excluding hydrogens is 546 g/mol. The van der Waals surface area contributed by atoms with Gasteiger partial charge >= 0.3 is 0 Å². The van der Waals surface area contributed by atoms with Gasteiger partial charge in [0.2, 0.25) is 5.91 Å². The van der Waals surface area contributed by atoms with Crippen LogP contribution in [0.5, 0.6) is 0 Å². The Kier molecular flexibility index (Phi) is 8.07. The van der Waals surface area contributed by atoms with Crippen molar-refractivity contribution in [2.24, 2.45) is 0 Å². The molecule has 3 aromatic rings. The lowest BCUT2D eigenvalue weighted by atomic mass is 10.1. The van der Waals surface area contributed by atoms with Crippen LogP contribution in [0.15, 0.2) is 82.2 Å². The van der Waals surface area contributed by atoms with Gasteiger partial charge in [0.1, 0.15) is 6.54 Å². The summed E-state index contributed by atoms with van der Waals surface area (Å²) in [6.45, 7) is 3.23. The summed E-state index contributed by atoms with van der Waals surface area (Å²) >= 11 is 3.37. The smallest absolute Gasteiger partial charge is 0.264 e. The van der Waals surface area contributed by atoms with E-state index in [2.05, 4.69) is 21.2 Å². The number of hydrogen-bond acceptors (Lipinski definition) is 5. The van der Waals surface area contributed by atoms with Crippen LogP contribution in [-0.2, 0) is 19.6 Å². The number of halogens is 1. The quantitative estimate of drug-likeness (QED) is 0.461. The van der Waals surface area contributed by atoms with E-state index in [0.29, 0.717) is 47.7 Å². The van der Waals surface area contributed by atoms with E-state index >= 15 is 0 Å². The summed E-state index contributed by atoms with van der Waals surface area (Å²) in [6.07, 6.45) is 0. The van der Waals surface area contributed by atoms with Crippen molar-refractivity contribution >= 4 is 49.1 Å². The summed E-state index contributed by atoms with van der Waals surface area (Å²) in [5, 5.41) is 2.74. The third kappa shape index (κ3) is 5.95. The lowest BCUT2D eigenvalue weighted by Crippen LogP contribution is -2.41. The Morgan fingerprint density at radius 1 is 1.00 bits per heavy atom. The number of para-hydroxylation sites is 1. The lowest BCUT2D eigenvalue weighted by Gasteiger charge is -2.28. The highest BCUT2D eigenvalue weighted by Gasteiger charge is 2.28. The molecule has 0 spiro atoms. The number of aryl methyl sites for hydroxylation is 1. The molecule has 0 radical (unpaired) electrons. The standard InChI is InChI=1S/C26H26BrN3O5S/c1-19-9-11-22(12-10-19)36(33,34)30(21-6-4-5-20(27)17-21)18-25(31)28-24-8-3-2-7-23(24)26(32)29-13-15-35-16-14-29/h2-12,17H,13-16,18H2,1H3,(H,28,31). The second-order valence-electron chi connectivity index (χ2n) is 8.30. The molecule has 3 aromatic carbocycles. The summed E-state index contributed by atoms with van der Waals surface area (Å²) in [7, 11) is -4.06. The van der Waals surface area contributed by atoms with Crippen LogP contribution in [0.3, 0.4) is 0 Å². The molecule has 8 nitrogen and oxygen atoms in total. The minimum atomic E-state index is -4.06. The Labute approximate surface area is 219 Å². The number of carbonyl (C=O) groups is 2. The van der Waals surface area contributed by atoms with E-state index in [1.54, 1.807) is 65.6 Å². The fourth-order valence-electron chi connectivity index (χ4n) is 3.82. The fraction of sp³-hybridized carbons (Fsp3) is 0.231. The molecule has 0 saturated carbocycles. The van der Waals surface area contributed by atoms with Crippen molar-refractivity contribution in [2.45, 2.75) is 11.8 Å². The predicted octanol–water partition coefficient (Wildman–Crippen LogP) is 4.06. The molecule has 1 N–H and O–H groups in total. The number of nitrogens with one attached hydrogen (secondary N) is 1. The van der Waals surface area contributed by atoms with Crippen molar-refractivity contribution in [1.29, 1.82) is 0 Å². The first-order valence-electron chi connectivity index (χ1n) is 11.4. The largest absolute Gasteiger partial charge is 0.378 e. The first kappa shape index (κ1) is 25.9. The van der Waals surface area contributed by atoms with Crippen LogP contribution in [0, 0.1) is 6.92 Å². The van der Waals surface area contributed by atoms with Crippen LogP contribution in [0.1, 0.15) is 15.9 Å². The number of nitrogens with zero attached hydrogens (tertiary/aromatic N) is 2. The Morgan fingerprint density at radius 2 is 1.69 bits per heavy atom. The van der Waals surface area contributed by atoms with E-state index in [4.69, 9.17) is 4.74 Å². The molecular formula is C26H26BrN3O5S. The number of hydrogen-bond donors (Lipinski definition) is 1. The molecule has 1 aliphatic rings. The second kappa shape index (κ2) is 11.2. The van der Waals surface area contributed by atoms with Crippen molar-refractivity contribution in [3.8, 4) is 0 Å². The maximum absolute atomic E-state index is 13.6. The van der Waals surface area contributed by atoms with Crippen LogP contribution in [-0.4, -0.2) is 58.0 Å². The normalized spacial score (nSPS) is 13.8. The summed E-state index contributed by atoms with van der Waals surface area (Å²) in [6, 6.07) is 19.9. The highest BCUT2D eigenvalue weighted by atomic mass is 79.9. The number of ether oxygens (including phenoxy) is 1. The molecule has 0 aliphatic carbocycles. The zero-order valence-electron chi connectivity index (χ0n) is 19.7. The zero-order chi connectivity index (χ0) is 25.7. The van der Waals surface area contributed by atoms with Crippen molar-refractivity contribution in [2.75, 3.05) is 42.5 Å². The topological polar surface area (TPSA) is 96.0 Å². The number of rotatable bonds is 7. The number of morpholine rings is 1. The molecule has 1 saturated heterocycles.